The average molecular weight is 477 g/mol. The standard InChI is InChI=1S/C22H19Cl2FN4OS/c1-3-29-20-19(13(2)27-29)26-22(31-12-16-17(24)5-4-6-18(16)25)28(21(20)30)11-14-7-9-15(23)10-8-14/h4-10H,3,11-12H2,1-2H3. The molecule has 5 nitrogen and oxygen atoms in total. The number of fused-ring (bicyclic) bond motifs is 1. The first-order valence-corrected chi connectivity index (χ1v) is 11.4. The molecule has 0 saturated heterocycles. The van der Waals surface area contributed by atoms with Crippen LogP contribution in [0.5, 0.6) is 0 Å². The minimum Gasteiger partial charge on any atom is -0.281 e. The molecule has 2 aromatic carbocycles. The summed E-state index contributed by atoms with van der Waals surface area (Å²) in [6.07, 6.45) is 0. The molecule has 0 aliphatic rings. The molecule has 0 unspecified atom stereocenters. The van der Waals surface area contributed by atoms with Crippen LogP contribution >= 0.6 is 35.0 Å². The Hall–Kier alpha value is -2.35. The Morgan fingerprint density at radius 2 is 1.87 bits per heavy atom. The fraction of sp³-hybridized carbons (Fsp3) is 0.227. The van der Waals surface area contributed by atoms with Crippen molar-refractivity contribution in [3.63, 3.8) is 0 Å². The molecule has 4 aromatic rings. The monoisotopic (exact) mass is 476 g/mol. The number of hydrogen-bond donors (Lipinski definition) is 0. The lowest BCUT2D eigenvalue weighted by atomic mass is 10.2. The maximum atomic E-state index is 14.3. The van der Waals surface area contributed by atoms with Gasteiger partial charge in [-0.3, -0.25) is 14.0 Å². The zero-order valence-corrected chi connectivity index (χ0v) is 19.2. The highest BCUT2D eigenvalue weighted by atomic mass is 35.5. The molecule has 2 aromatic heterocycles. The minimum absolute atomic E-state index is 0.190. The van der Waals surface area contributed by atoms with Gasteiger partial charge in [0.2, 0.25) is 0 Å². The van der Waals surface area contributed by atoms with Crippen LogP contribution in [0.2, 0.25) is 10.0 Å². The van der Waals surface area contributed by atoms with Crippen LogP contribution in [0.3, 0.4) is 0 Å². The predicted octanol–water partition coefficient (Wildman–Crippen LogP) is 5.71. The molecule has 0 atom stereocenters. The van der Waals surface area contributed by atoms with Crippen LogP contribution in [-0.4, -0.2) is 19.3 Å². The van der Waals surface area contributed by atoms with E-state index < -0.39 is 0 Å². The van der Waals surface area contributed by atoms with Crippen LogP contribution in [0.1, 0.15) is 23.7 Å². The lowest BCUT2D eigenvalue weighted by Crippen LogP contribution is -2.25. The van der Waals surface area contributed by atoms with Crippen LogP contribution in [0.4, 0.5) is 4.39 Å². The third-order valence-electron chi connectivity index (χ3n) is 4.94. The highest BCUT2D eigenvalue weighted by molar-refractivity contribution is 7.98. The van der Waals surface area contributed by atoms with Gasteiger partial charge in [-0.05, 0) is 43.7 Å². The molecule has 4 rings (SSSR count). The van der Waals surface area contributed by atoms with E-state index in [1.165, 1.54) is 17.8 Å². The van der Waals surface area contributed by atoms with Crippen molar-refractivity contribution in [3.8, 4) is 0 Å². The van der Waals surface area contributed by atoms with E-state index in [1.807, 2.05) is 26.0 Å². The molecule has 0 N–H and O–H groups in total. The zero-order valence-electron chi connectivity index (χ0n) is 16.9. The molecule has 0 fully saturated rings. The summed E-state index contributed by atoms with van der Waals surface area (Å²) >= 11 is 13.5. The lowest BCUT2D eigenvalue weighted by Gasteiger charge is -2.13. The van der Waals surface area contributed by atoms with E-state index in [2.05, 4.69) is 5.10 Å². The van der Waals surface area contributed by atoms with Crippen molar-refractivity contribution in [1.29, 1.82) is 0 Å². The summed E-state index contributed by atoms with van der Waals surface area (Å²) in [5, 5.41) is 5.89. The van der Waals surface area contributed by atoms with Crippen molar-refractivity contribution in [2.45, 2.75) is 37.8 Å². The van der Waals surface area contributed by atoms with Crippen LogP contribution in [0, 0.1) is 12.7 Å². The van der Waals surface area contributed by atoms with Crippen LogP contribution in [0.15, 0.2) is 52.4 Å². The maximum absolute atomic E-state index is 14.3. The molecular formula is C22H19Cl2FN4OS. The number of rotatable bonds is 6. The molecule has 0 saturated carbocycles. The number of aryl methyl sites for hydroxylation is 2. The summed E-state index contributed by atoms with van der Waals surface area (Å²) in [6.45, 7) is 4.62. The molecule has 9 heteroatoms. The van der Waals surface area contributed by atoms with Crippen molar-refractivity contribution >= 4 is 46.0 Å². The molecule has 2 heterocycles. The van der Waals surface area contributed by atoms with E-state index >= 15 is 0 Å². The molecule has 0 radical (unpaired) electrons. The fourth-order valence-electron chi connectivity index (χ4n) is 3.35. The van der Waals surface area contributed by atoms with Gasteiger partial charge in [0.05, 0.1) is 12.2 Å². The van der Waals surface area contributed by atoms with Crippen molar-refractivity contribution in [3.05, 3.63) is 85.5 Å². The van der Waals surface area contributed by atoms with Gasteiger partial charge in [-0.15, -0.1) is 0 Å². The predicted molar refractivity (Wildman–Crippen MR) is 124 cm³/mol. The summed E-state index contributed by atoms with van der Waals surface area (Å²) in [5.41, 5.74) is 2.78. The van der Waals surface area contributed by atoms with Gasteiger partial charge >= 0.3 is 0 Å². The second-order valence-electron chi connectivity index (χ2n) is 7.00. The summed E-state index contributed by atoms with van der Waals surface area (Å²) < 4.78 is 17.5. The van der Waals surface area contributed by atoms with E-state index in [-0.39, 0.29) is 17.1 Å². The number of aromatic nitrogens is 4. The number of halogens is 3. The molecule has 31 heavy (non-hydrogen) atoms. The smallest absolute Gasteiger partial charge is 0.280 e. The third-order valence-corrected chi connectivity index (χ3v) is 6.55. The van der Waals surface area contributed by atoms with E-state index in [4.69, 9.17) is 28.2 Å². The number of nitrogens with zero attached hydrogens (tertiary/aromatic N) is 4. The van der Waals surface area contributed by atoms with E-state index in [9.17, 15) is 9.18 Å². The number of hydrogen-bond acceptors (Lipinski definition) is 4. The Balaban J connectivity index is 1.82. The van der Waals surface area contributed by atoms with Crippen LogP contribution in [-0.2, 0) is 18.8 Å². The third kappa shape index (κ3) is 4.35. The van der Waals surface area contributed by atoms with Crippen molar-refractivity contribution in [1.82, 2.24) is 19.3 Å². The maximum Gasteiger partial charge on any atom is 0.280 e. The van der Waals surface area contributed by atoms with Gasteiger partial charge in [0.15, 0.2) is 10.7 Å². The highest BCUT2D eigenvalue weighted by Gasteiger charge is 2.19. The molecule has 160 valence electrons. The number of thioether (sulfide) groups is 1. The minimum atomic E-state index is -0.386. The first-order chi connectivity index (χ1) is 14.9. The summed E-state index contributed by atoms with van der Waals surface area (Å²) in [4.78, 5) is 18.2. The lowest BCUT2D eigenvalue weighted by molar-refractivity contribution is 0.616. The summed E-state index contributed by atoms with van der Waals surface area (Å²) in [5.74, 6) is -0.145. The average Bonchev–Trinajstić information content (AvgIpc) is 3.07. The normalized spacial score (nSPS) is 11.4. The van der Waals surface area contributed by atoms with Crippen molar-refractivity contribution < 1.29 is 4.39 Å². The van der Waals surface area contributed by atoms with Gasteiger partial charge in [-0.25, -0.2) is 9.37 Å². The SMILES string of the molecule is CCn1nc(C)c2nc(SCc3c(F)cccc3Cl)n(Cc3ccc(Cl)cc3)c(=O)c21. The summed E-state index contributed by atoms with van der Waals surface area (Å²) in [7, 11) is 0. The Morgan fingerprint density at radius 1 is 1.13 bits per heavy atom. The Bertz CT molecular complexity index is 1300. The molecule has 0 amide bonds. The number of benzene rings is 2. The van der Waals surface area contributed by atoms with Crippen LogP contribution in [0.25, 0.3) is 11.0 Å². The van der Waals surface area contributed by atoms with Gasteiger partial charge in [-0.1, -0.05) is 53.2 Å². The van der Waals surface area contributed by atoms with Gasteiger partial charge in [0, 0.05) is 27.9 Å². The first-order valence-electron chi connectivity index (χ1n) is 9.67. The van der Waals surface area contributed by atoms with Gasteiger partial charge in [0.25, 0.3) is 5.56 Å². The van der Waals surface area contributed by atoms with Crippen LogP contribution < -0.4 is 5.56 Å². The quantitative estimate of drug-likeness (QED) is 0.264. The van der Waals surface area contributed by atoms with Crippen molar-refractivity contribution in [2.24, 2.45) is 0 Å². The Morgan fingerprint density at radius 3 is 2.55 bits per heavy atom. The van der Waals surface area contributed by atoms with E-state index in [0.29, 0.717) is 50.6 Å². The van der Waals surface area contributed by atoms with Gasteiger partial charge < -0.3 is 0 Å². The summed E-state index contributed by atoms with van der Waals surface area (Å²) in [6, 6.07) is 11.9. The van der Waals surface area contributed by atoms with Gasteiger partial charge in [0.1, 0.15) is 11.3 Å². The van der Waals surface area contributed by atoms with E-state index in [0.717, 1.165) is 5.56 Å². The van der Waals surface area contributed by atoms with Crippen molar-refractivity contribution in [2.75, 3.05) is 0 Å². The molecule has 0 aliphatic heterocycles. The van der Waals surface area contributed by atoms with Gasteiger partial charge in [-0.2, -0.15) is 5.10 Å². The zero-order chi connectivity index (χ0) is 22.1. The first kappa shape index (κ1) is 21.9. The van der Waals surface area contributed by atoms with E-state index in [1.54, 1.807) is 33.5 Å². The second kappa shape index (κ2) is 9.02. The molecule has 0 spiro atoms. The largest absolute Gasteiger partial charge is 0.281 e. The fourth-order valence-corrected chi connectivity index (χ4v) is 4.81. The highest BCUT2D eigenvalue weighted by Crippen LogP contribution is 2.29. The Labute approximate surface area is 192 Å². The molecular weight excluding hydrogens is 458 g/mol. The topological polar surface area (TPSA) is 52.7 Å². The second-order valence-corrected chi connectivity index (χ2v) is 8.79. The Kier molecular flexibility index (Phi) is 6.36. The molecule has 0 aliphatic carbocycles. The molecule has 0 bridgehead atoms.